The zero-order chi connectivity index (χ0) is 19.5. The Morgan fingerprint density at radius 2 is 1.35 bits per heavy atom. The molecule has 2 unspecified atom stereocenters. The molecular weight excluding hydrogens is 355 g/mol. The fraction of sp³-hybridized carbons (Fsp3) is 1.00. The summed E-state index contributed by atoms with van der Waals surface area (Å²) in [5, 5.41) is 0. The number of phosphoric ester groups is 1. The summed E-state index contributed by atoms with van der Waals surface area (Å²) in [6.07, 6.45) is 12.7. The van der Waals surface area contributed by atoms with Crippen molar-refractivity contribution in [2.45, 2.75) is 90.6 Å². The summed E-state index contributed by atoms with van der Waals surface area (Å²) in [5.74, 6) is 0. The van der Waals surface area contributed by atoms with E-state index in [1.165, 1.54) is 51.4 Å². The van der Waals surface area contributed by atoms with E-state index in [1.54, 1.807) is 0 Å². The van der Waals surface area contributed by atoms with Crippen LogP contribution in [0.25, 0.3) is 0 Å². The average Bonchev–Trinajstić information content (AvgIpc) is 2.64. The van der Waals surface area contributed by atoms with E-state index in [9.17, 15) is 9.46 Å². The molecule has 0 aromatic rings. The lowest BCUT2D eigenvalue weighted by atomic mass is 10.1. The molecule has 158 valence electrons. The van der Waals surface area contributed by atoms with Crippen LogP contribution in [0.5, 0.6) is 0 Å². The van der Waals surface area contributed by atoms with E-state index in [2.05, 4.69) is 18.4 Å². The Balaban J connectivity index is 3.94. The van der Waals surface area contributed by atoms with E-state index in [0.717, 1.165) is 26.4 Å². The Morgan fingerprint density at radius 1 is 0.808 bits per heavy atom. The number of unbranched alkanes of at least 4 members (excludes halogenated alkanes) is 9. The molecule has 7 heteroatoms. The molecule has 0 spiro atoms. The van der Waals surface area contributed by atoms with Crippen LogP contribution in [0.1, 0.15) is 84.5 Å². The summed E-state index contributed by atoms with van der Waals surface area (Å²) >= 11 is 0. The van der Waals surface area contributed by atoms with Gasteiger partial charge in [0.2, 0.25) is 0 Å². The molecule has 0 saturated carbocycles. The van der Waals surface area contributed by atoms with E-state index in [4.69, 9.17) is 14.0 Å². The molecule has 0 heterocycles. The molecule has 0 aliphatic heterocycles. The van der Waals surface area contributed by atoms with Crippen molar-refractivity contribution < 1.29 is 28.0 Å². The van der Waals surface area contributed by atoms with Gasteiger partial charge in [0, 0.05) is 20.3 Å². The van der Waals surface area contributed by atoms with E-state index >= 15 is 0 Å². The molecule has 26 heavy (non-hydrogen) atoms. The largest absolute Gasteiger partial charge is 0.472 e. The Morgan fingerprint density at radius 3 is 1.92 bits per heavy atom. The third-order valence-electron chi connectivity index (χ3n) is 4.20. The van der Waals surface area contributed by atoms with Gasteiger partial charge in [0.05, 0.1) is 13.2 Å². The highest BCUT2D eigenvalue weighted by Gasteiger charge is 2.21. The smallest absolute Gasteiger partial charge is 0.379 e. The molecule has 0 rings (SSSR count). The first kappa shape index (κ1) is 26.0. The van der Waals surface area contributed by atoms with Crippen LogP contribution in [0.4, 0.5) is 0 Å². The highest BCUT2D eigenvalue weighted by atomic mass is 31.2. The summed E-state index contributed by atoms with van der Waals surface area (Å²) in [7, 11) is -2.83. The second kappa shape index (κ2) is 18.4. The van der Waals surface area contributed by atoms with Crippen LogP contribution in [0.15, 0.2) is 0 Å². The molecule has 0 bridgehead atoms. The summed E-state index contributed by atoms with van der Waals surface area (Å²) in [4.78, 5) is 9.37. The summed E-state index contributed by atoms with van der Waals surface area (Å²) in [6, 6.07) is 0. The van der Waals surface area contributed by atoms with E-state index in [0.29, 0.717) is 19.8 Å². The van der Waals surface area contributed by atoms with Crippen molar-refractivity contribution in [2.75, 3.05) is 33.5 Å². The minimum absolute atomic E-state index is 0.00687. The highest BCUT2D eigenvalue weighted by Crippen LogP contribution is 2.42. The number of hydrogen-bond acceptors (Lipinski definition) is 5. The van der Waals surface area contributed by atoms with Gasteiger partial charge in [-0.1, -0.05) is 71.6 Å². The SMILES string of the molecule is CCCCCCCCOCC(COP(=O)(O)OC)OCCCCCCC. The van der Waals surface area contributed by atoms with Gasteiger partial charge in [-0.05, 0) is 12.8 Å². The Kier molecular flexibility index (Phi) is 18.4. The third kappa shape index (κ3) is 17.4. The minimum atomic E-state index is -3.98. The number of ether oxygens (including phenoxy) is 2. The van der Waals surface area contributed by atoms with Crippen molar-refractivity contribution >= 4 is 7.82 Å². The lowest BCUT2D eigenvalue weighted by Gasteiger charge is -2.19. The molecule has 0 aromatic carbocycles. The molecular formula is C19H41O6P. The zero-order valence-electron chi connectivity index (χ0n) is 17.1. The fourth-order valence-corrected chi connectivity index (χ4v) is 2.99. The van der Waals surface area contributed by atoms with Gasteiger partial charge in [0.1, 0.15) is 6.10 Å². The van der Waals surface area contributed by atoms with Crippen LogP contribution < -0.4 is 0 Å². The van der Waals surface area contributed by atoms with Crippen LogP contribution in [-0.2, 0) is 23.1 Å². The third-order valence-corrected chi connectivity index (χ3v) is 5.14. The maximum absolute atomic E-state index is 11.5. The number of phosphoric acid groups is 1. The van der Waals surface area contributed by atoms with Crippen molar-refractivity contribution in [1.82, 2.24) is 0 Å². The zero-order valence-corrected chi connectivity index (χ0v) is 18.0. The quantitative estimate of drug-likeness (QED) is 0.217. The van der Waals surface area contributed by atoms with E-state index in [1.807, 2.05) is 0 Å². The monoisotopic (exact) mass is 396 g/mol. The lowest BCUT2D eigenvalue weighted by molar-refractivity contribution is -0.0436. The minimum Gasteiger partial charge on any atom is -0.379 e. The molecule has 0 fully saturated rings. The molecule has 0 radical (unpaired) electrons. The van der Waals surface area contributed by atoms with Gasteiger partial charge in [-0.3, -0.25) is 9.05 Å². The topological polar surface area (TPSA) is 74.2 Å². The van der Waals surface area contributed by atoms with Gasteiger partial charge in [-0.25, -0.2) is 4.57 Å². The Labute approximate surface area is 160 Å². The molecule has 2 atom stereocenters. The second-order valence-corrected chi connectivity index (χ2v) is 8.26. The maximum atomic E-state index is 11.5. The number of hydrogen-bond donors (Lipinski definition) is 1. The summed E-state index contributed by atoms with van der Waals surface area (Å²) in [5.41, 5.74) is 0. The van der Waals surface area contributed by atoms with Gasteiger partial charge >= 0.3 is 7.82 Å². The molecule has 0 aliphatic rings. The van der Waals surface area contributed by atoms with Gasteiger partial charge in [-0.2, -0.15) is 0 Å². The van der Waals surface area contributed by atoms with Crippen LogP contribution in [-0.4, -0.2) is 44.5 Å². The number of rotatable bonds is 20. The normalized spacial score (nSPS) is 15.1. The first-order chi connectivity index (χ1) is 12.6. The fourth-order valence-electron chi connectivity index (χ4n) is 2.53. The van der Waals surface area contributed by atoms with Crippen LogP contribution >= 0.6 is 7.82 Å². The molecule has 0 saturated heterocycles. The molecule has 6 nitrogen and oxygen atoms in total. The van der Waals surface area contributed by atoms with Gasteiger partial charge in [-0.15, -0.1) is 0 Å². The Hall–Kier alpha value is 0.0300. The van der Waals surface area contributed by atoms with Crippen molar-refractivity contribution in [2.24, 2.45) is 0 Å². The maximum Gasteiger partial charge on any atom is 0.472 e. The van der Waals surface area contributed by atoms with Gasteiger partial charge in [0.15, 0.2) is 0 Å². The summed E-state index contributed by atoms with van der Waals surface area (Å²) in [6.45, 7) is 6.06. The highest BCUT2D eigenvalue weighted by molar-refractivity contribution is 7.47. The van der Waals surface area contributed by atoms with E-state index in [-0.39, 0.29) is 12.7 Å². The average molecular weight is 397 g/mol. The first-order valence-electron chi connectivity index (χ1n) is 10.3. The predicted octanol–water partition coefficient (Wildman–Crippen LogP) is 5.48. The van der Waals surface area contributed by atoms with Crippen molar-refractivity contribution in [1.29, 1.82) is 0 Å². The summed E-state index contributed by atoms with van der Waals surface area (Å²) < 4.78 is 32.3. The van der Waals surface area contributed by atoms with E-state index < -0.39 is 7.82 Å². The van der Waals surface area contributed by atoms with Gasteiger partial charge in [0.25, 0.3) is 0 Å². The predicted molar refractivity (Wildman–Crippen MR) is 105 cm³/mol. The van der Waals surface area contributed by atoms with Crippen molar-refractivity contribution in [3.63, 3.8) is 0 Å². The molecule has 0 amide bonds. The molecule has 1 N–H and O–H groups in total. The van der Waals surface area contributed by atoms with Crippen LogP contribution in [0, 0.1) is 0 Å². The van der Waals surface area contributed by atoms with Crippen LogP contribution in [0.3, 0.4) is 0 Å². The molecule has 0 aromatic heterocycles. The first-order valence-corrected chi connectivity index (χ1v) is 11.8. The van der Waals surface area contributed by atoms with Crippen molar-refractivity contribution in [3.8, 4) is 0 Å². The van der Waals surface area contributed by atoms with Crippen LogP contribution in [0.2, 0.25) is 0 Å². The van der Waals surface area contributed by atoms with Gasteiger partial charge < -0.3 is 14.4 Å². The Bertz CT molecular complexity index is 340. The van der Waals surface area contributed by atoms with Crippen molar-refractivity contribution in [3.05, 3.63) is 0 Å². The standard InChI is InChI=1S/C19H41O6P/c1-4-6-8-10-12-13-15-23-17-19(18-25-26(20,21)22-3)24-16-14-11-9-7-5-2/h19H,4-18H2,1-3H3,(H,20,21). The molecule has 0 aliphatic carbocycles. The lowest BCUT2D eigenvalue weighted by Crippen LogP contribution is -2.26. The second-order valence-electron chi connectivity index (χ2n) is 6.70.